The zero-order valence-electron chi connectivity index (χ0n) is 12.8. The van der Waals surface area contributed by atoms with Crippen LogP contribution in [0.15, 0.2) is 36.7 Å². The van der Waals surface area contributed by atoms with E-state index in [1.54, 1.807) is 35.9 Å². The first-order valence-corrected chi connectivity index (χ1v) is 7.12. The first kappa shape index (κ1) is 16.1. The molecule has 7 nitrogen and oxygen atoms in total. The van der Waals surface area contributed by atoms with Gasteiger partial charge in [0.05, 0.1) is 12.3 Å². The first-order chi connectivity index (χ1) is 11.7. The molecule has 24 heavy (non-hydrogen) atoms. The number of halogens is 2. The van der Waals surface area contributed by atoms with E-state index in [1.807, 2.05) is 0 Å². The molecule has 0 aliphatic carbocycles. The lowest BCUT2D eigenvalue weighted by Gasteiger charge is -2.11. The van der Waals surface area contributed by atoms with Crippen LogP contribution in [0.1, 0.15) is 11.3 Å². The summed E-state index contributed by atoms with van der Waals surface area (Å²) in [6.07, 6.45) is 1.40. The van der Waals surface area contributed by atoms with Crippen LogP contribution in [0.4, 0.5) is 14.6 Å². The molecule has 0 unspecified atom stereocenters. The highest BCUT2D eigenvalue weighted by molar-refractivity contribution is 5.45. The first-order valence-electron chi connectivity index (χ1n) is 7.12. The van der Waals surface area contributed by atoms with Gasteiger partial charge in [-0.15, -0.1) is 0 Å². The fourth-order valence-corrected chi connectivity index (χ4v) is 2.23. The van der Waals surface area contributed by atoms with Crippen molar-refractivity contribution in [3.63, 3.8) is 0 Å². The Bertz CT molecular complexity index is 824. The van der Waals surface area contributed by atoms with Gasteiger partial charge in [-0.1, -0.05) is 12.1 Å². The number of anilines is 1. The molecular formula is C15H15F2N5O2. The molecule has 0 saturated carbocycles. The van der Waals surface area contributed by atoms with Crippen LogP contribution in [0.5, 0.6) is 5.75 Å². The molecule has 0 aliphatic heterocycles. The number of methoxy groups -OCH3 is 1. The van der Waals surface area contributed by atoms with Crippen LogP contribution in [-0.4, -0.2) is 33.3 Å². The summed E-state index contributed by atoms with van der Waals surface area (Å²) < 4.78 is 35.6. The number of rotatable bonds is 7. The maximum atomic E-state index is 12.3. The number of nitrogens with zero attached hydrogens (tertiary/aromatic N) is 4. The smallest absolute Gasteiger partial charge is 0.387 e. The molecule has 2 aromatic heterocycles. The normalized spacial score (nSPS) is 11.2. The van der Waals surface area contributed by atoms with E-state index in [1.165, 1.54) is 12.4 Å². The lowest BCUT2D eigenvalue weighted by molar-refractivity contribution is -0.0498. The zero-order chi connectivity index (χ0) is 16.9. The van der Waals surface area contributed by atoms with E-state index in [2.05, 4.69) is 25.1 Å². The fraction of sp³-hybridized carbons (Fsp3) is 0.267. The largest absolute Gasteiger partial charge is 0.435 e. The number of aromatic nitrogens is 4. The summed E-state index contributed by atoms with van der Waals surface area (Å²) >= 11 is 0. The number of hydrogen-bond acceptors (Lipinski definition) is 6. The number of benzene rings is 1. The summed E-state index contributed by atoms with van der Waals surface area (Å²) in [6, 6.07) is 8.29. The lowest BCUT2D eigenvalue weighted by atomic mass is 10.2. The maximum absolute atomic E-state index is 12.3. The molecule has 0 saturated heterocycles. The highest BCUT2D eigenvalue weighted by Gasteiger charge is 2.08. The molecule has 2 heterocycles. The summed E-state index contributed by atoms with van der Waals surface area (Å²) in [7, 11) is 1.58. The van der Waals surface area contributed by atoms with Crippen LogP contribution in [0.2, 0.25) is 0 Å². The predicted octanol–water partition coefficient (Wildman–Crippen LogP) is 2.48. The Morgan fingerprint density at radius 2 is 2.17 bits per heavy atom. The molecule has 9 heteroatoms. The molecule has 0 amide bonds. The van der Waals surface area contributed by atoms with Gasteiger partial charge in [-0.25, -0.2) is 4.98 Å². The van der Waals surface area contributed by atoms with Gasteiger partial charge in [-0.3, -0.25) is 0 Å². The van der Waals surface area contributed by atoms with Gasteiger partial charge in [-0.2, -0.15) is 23.4 Å². The van der Waals surface area contributed by atoms with Gasteiger partial charge in [0, 0.05) is 19.7 Å². The zero-order valence-corrected chi connectivity index (χ0v) is 12.8. The van der Waals surface area contributed by atoms with E-state index >= 15 is 0 Å². The summed E-state index contributed by atoms with van der Waals surface area (Å²) in [6.45, 7) is -2.11. The monoisotopic (exact) mass is 335 g/mol. The van der Waals surface area contributed by atoms with Crippen molar-refractivity contribution in [1.82, 2.24) is 19.6 Å². The fourth-order valence-electron chi connectivity index (χ4n) is 2.23. The minimum Gasteiger partial charge on any atom is -0.435 e. The second kappa shape index (κ2) is 7.18. The third-order valence-electron chi connectivity index (χ3n) is 3.19. The quantitative estimate of drug-likeness (QED) is 0.715. The maximum Gasteiger partial charge on any atom is 0.387 e. The number of fused-ring (bicyclic) bond motifs is 1. The molecule has 3 rings (SSSR count). The van der Waals surface area contributed by atoms with Crippen molar-refractivity contribution in [3.8, 4) is 5.75 Å². The topological polar surface area (TPSA) is 73.6 Å². The van der Waals surface area contributed by atoms with E-state index in [0.717, 1.165) is 5.56 Å². The number of hydrogen-bond donors (Lipinski definition) is 1. The second-order valence-electron chi connectivity index (χ2n) is 4.92. The van der Waals surface area contributed by atoms with Crippen molar-refractivity contribution in [2.45, 2.75) is 19.8 Å². The highest BCUT2D eigenvalue weighted by atomic mass is 19.3. The van der Waals surface area contributed by atoms with Crippen LogP contribution in [-0.2, 0) is 17.9 Å². The van der Waals surface area contributed by atoms with Gasteiger partial charge in [0.15, 0.2) is 0 Å². The van der Waals surface area contributed by atoms with Crippen LogP contribution < -0.4 is 10.1 Å². The molecule has 1 aromatic carbocycles. The predicted molar refractivity (Wildman–Crippen MR) is 81.9 cm³/mol. The van der Waals surface area contributed by atoms with Crippen molar-refractivity contribution < 1.29 is 18.3 Å². The van der Waals surface area contributed by atoms with Gasteiger partial charge in [-0.05, 0) is 17.7 Å². The number of nitrogens with one attached hydrogen (secondary N) is 1. The van der Waals surface area contributed by atoms with E-state index in [4.69, 9.17) is 4.74 Å². The Balaban J connectivity index is 1.79. The van der Waals surface area contributed by atoms with Gasteiger partial charge < -0.3 is 14.8 Å². The Labute approximate surface area is 136 Å². The average molecular weight is 335 g/mol. The van der Waals surface area contributed by atoms with E-state index < -0.39 is 6.61 Å². The van der Waals surface area contributed by atoms with Crippen molar-refractivity contribution in [1.29, 1.82) is 0 Å². The minimum absolute atomic E-state index is 0.116. The molecule has 1 N–H and O–H groups in total. The molecule has 0 bridgehead atoms. The van der Waals surface area contributed by atoms with Crippen LogP contribution in [0, 0.1) is 0 Å². The highest BCUT2D eigenvalue weighted by Crippen LogP contribution is 2.18. The van der Waals surface area contributed by atoms with Crippen LogP contribution >= 0.6 is 0 Å². The molecule has 126 valence electrons. The Morgan fingerprint density at radius 3 is 2.96 bits per heavy atom. The third-order valence-corrected chi connectivity index (χ3v) is 3.19. The van der Waals surface area contributed by atoms with Crippen molar-refractivity contribution in [2.24, 2.45) is 0 Å². The van der Waals surface area contributed by atoms with Gasteiger partial charge in [0.1, 0.15) is 17.9 Å². The Morgan fingerprint density at radius 1 is 1.29 bits per heavy atom. The van der Waals surface area contributed by atoms with Crippen LogP contribution in [0.3, 0.4) is 0 Å². The van der Waals surface area contributed by atoms with E-state index in [0.29, 0.717) is 30.4 Å². The van der Waals surface area contributed by atoms with Gasteiger partial charge in [0.2, 0.25) is 0 Å². The standard InChI is InChI=1S/C15H15F2N5O2/c1-23-8-11-6-13(22-15(21-11)19-9-20-22)18-7-10-3-2-4-12(5-10)24-14(16)17/h2-6,9,14,18H,7-8H2,1H3. The van der Waals surface area contributed by atoms with E-state index in [-0.39, 0.29) is 5.75 Å². The Hall–Kier alpha value is -2.81. The Kier molecular flexibility index (Phi) is 4.80. The number of alkyl halides is 2. The molecule has 0 aliphatic rings. The van der Waals surface area contributed by atoms with Crippen molar-refractivity contribution >= 4 is 11.6 Å². The van der Waals surface area contributed by atoms with Crippen molar-refractivity contribution in [2.75, 3.05) is 12.4 Å². The molecule has 0 atom stereocenters. The third kappa shape index (κ3) is 3.74. The molecule has 0 fully saturated rings. The minimum atomic E-state index is -2.85. The summed E-state index contributed by atoms with van der Waals surface area (Å²) in [5.74, 6) is 1.23. The van der Waals surface area contributed by atoms with E-state index in [9.17, 15) is 8.78 Å². The molecular weight excluding hydrogens is 320 g/mol. The van der Waals surface area contributed by atoms with Crippen molar-refractivity contribution in [3.05, 3.63) is 47.9 Å². The molecule has 0 spiro atoms. The van der Waals surface area contributed by atoms with Gasteiger partial charge >= 0.3 is 6.61 Å². The van der Waals surface area contributed by atoms with Gasteiger partial charge in [0.25, 0.3) is 5.78 Å². The second-order valence-corrected chi connectivity index (χ2v) is 4.92. The summed E-state index contributed by atoms with van der Waals surface area (Å²) in [5, 5.41) is 7.30. The molecule has 0 radical (unpaired) electrons. The average Bonchev–Trinajstić information content (AvgIpc) is 3.01. The number of ether oxygens (including phenoxy) is 2. The van der Waals surface area contributed by atoms with Crippen LogP contribution in [0.25, 0.3) is 5.78 Å². The SMILES string of the molecule is COCc1cc(NCc2cccc(OC(F)F)c2)n2ncnc2n1. The molecule has 3 aromatic rings. The lowest BCUT2D eigenvalue weighted by Crippen LogP contribution is -2.08. The summed E-state index contributed by atoms with van der Waals surface area (Å²) in [5.41, 5.74) is 1.49. The summed E-state index contributed by atoms with van der Waals surface area (Å²) in [4.78, 5) is 8.37.